The average Bonchev–Trinajstić information content (AvgIpc) is 2.61. The molecule has 0 aliphatic rings. The van der Waals surface area contributed by atoms with Gasteiger partial charge in [-0.25, -0.2) is 0 Å². The van der Waals surface area contributed by atoms with E-state index in [2.05, 4.69) is 21.2 Å². The van der Waals surface area contributed by atoms with Crippen molar-refractivity contribution in [2.45, 2.75) is 25.8 Å². The number of carbonyl (C=O) groups is 1. The predicted octanol–water partition coefficient (Wildman–Crippen LogP) is 3.65. The molecule has 1 aromatic heterocycles. The summed E-state index contributed by atoms with van der Waals surface area (Å²) in [6, 6.07) is 2.05. The van der Waals surface area contributed by atoms with E-state index >= 15 is 0 Å². The second-order valence-electron chi connectivity index (χ2n) is 3.30. The molecule has 1 aromatic rings. The van der Waals surface area contributed by atoms with Gasteiger partial charge >= 0.3 is 0 Å². The average molecular weight is 311 g/mol. The largest absolute Gasteiger partial charge is 0.349 e. The zero-order valence-corrected chi connectivity index (χ0v) is 11.6. The fourth-order valence-corrected chi connectivity index (χ4v) is 2.81. The number of amides is 1. The van der Waals surface area contributed by atoms with Crippen molar-refractivity contribution in [3.63, 3.8) is 0 Å². The molecule has 5 heteroatoms. The van der Waals surface area contributed by atoms with Crippen molar-refractivity contribution in [2.75, 3.05) is 5.88 Å². The maximum absolute atomic E-state index is 11.7. The van der Waals surface area contributed by atoms with Crippen molar-refractivity contribution in [2.24, 2.45) is 0 Å². The first-order valence-electron chi connectivity index (χ1n) is 4.75. The van der Waals surface area contributed by atoms with E-state index in [-0.39, 0.29) is 11.9 Å². The maximum atomic E-state index is 11.7. The van der Waals surface area contributed by atoms with E-state index in [0.717, 1.165) is 22.2 Å². The summed E-state index contributed by atoms with van der Waals surface area (Å²) in [5.74, 6) is 0.627. The number of rotatable bonds is 5. The van der Waals surface area contributed by atoms with E-state index in [1.165, 1.54) is 11.3 Å². The summed E-state index contributed by atoms with van der Waals surface area (Å²) in [6.45, 7) is 1.99. The first-order valence-corrected chi connectivity index (χ1v) is 6.95. The van der Waals surface area contributed by atoms with Crippen LogP contribution in [-0.2, 0) is 0 Å². The van der Waals surface area contributed by atoms with Gasteiger partial charge in [0.05, 0.1) is 0 Å². The van der Waals surface area contributed by atoms with Crippen molar-refractivity contribution in [3.8, 4) is 0 Å². The number of nitrogens with one attached hydrogen (secondary N) is 1. The molecule has 0 saturated heterocycles. The van der Waals surface area contributed by atoms with Gasteiger partial charge in [0.15, 0.2) is 0 Å². The standard InChI is InChI=1S/C10H13BrClNOS/c1-7(3-2-5-12)13-10(14)9-8(11)4-6-15-9/h4,6-7H,2-3,5H2,1H3,(H,13,14). The monoisotopic (exact) mass is 309 g/mol. The molecule has 15 heavy (non-hydrogen) atoms. The van der Waals surface area contributed by atoms with Gasteiger partial charge in [0, 0.05) is 16.4 Å². The molecule has 0 saturated carbocycles. The summed E-state index contributed by atoms with van der Waals surface area (Å²) in [7, 11) is 0. The number of halogens is 2. The fourth-order valence-electron chi connectivity index (χ4n) is 1.20. The van der Waals surface area contributed by atoms with Gasteiger partial charge in [-0.2, -0.15) is 0 Å². The highest BCUT2D eigenvalue weighted by molar-refractivity contribution is 9.10. The number of hydrogen-bond donors (Lipinski definition) is 1. The van der Waals surface area contributed by atoms with Gasteiger partial charge in [0.1, 0.15) is 4.88 Å². The van der Waals surface area contributed by atoms with Gasteiger partial charge in [0.2, 0.25) is 0 Å². The van der Waals surface area contributed by atoms with Crippen LogP contribution in [0.5, 0.6) is 0 Å². The SMILES string of the molecule is CC(CCCCl)NC(=O)c1sccc1Br. The molecule has 0 bridgehead atoms. The Morgan fingerprint density at radius 3 is 3.00 bits per heavy atom. The first-order chi connectivity index (χ1) is 7.15. The van der Waals surface area contributed by atoms with Crippen LogP contribution in [0.1, 0.15) is 29.4 Å². The molecule has 0 spiro atoms. The van der Waals surface area contributed by atoms with Crippen LogP contribution < -0.4 is 5.32 Å². The summed E-state index contributed by atoms with van der Waals surface area (Å²) < 4.78 is 0.856. The Kier molecular flexibility index (Phi) is 5.64. The van der Waals surface area contributed by atoms with Gasteiger partial charge in [-0.05, 0) is 47.1 Å². The molecular formula is C10H13BrClNOS. The van der Waals surface area contributed by atoms with E-state index in [9.17, 15) is 4.79 Å². The number of thiophene rings is 1. The Hall–Kier alpha value is -0.0600. The second kappa shape index (κ2) is 6.51. The zero-order valence-electron chi connectivity index (χ0n) is 8.43. The Morgan fingerprint density at radius 2 is 2.47 bits per heavy atom. The van der Waals surface area contributed by atoms with Crippen molar-refractivity contribution in [1.82, 2.24) is 5.32 Å². The third-order valence-electron chi connectivity index (χ3n) is 1.97. The highest BCUT2D eigenvalue weighted by atomic mass is 79.9. The molecule has 0 aromatic carbocycles. The van der Waals surface area contributed by atoms with Gasteiger partial charge in [-0.15, -0.1) is 22.9 Å². The predicted molar refractivity (Wildman–Crippen MR) is 68.9 cm³/mol. The lowest BCUT2D eigenvalue weighted by Gasteiger charge is -2.12. The molecule has 1 atom stereocenters. The van der Waals surface area contributed by atoms with Gasteiger partial charge in [0.25, 0.3) is 5.91 Å². The number of carbonyl (C=O) groups excluding carboxylic acids is 1. The highest BCUT2D eigenvalue weighted by Gasteiger charge is 2.13. The van der Waals surface area contributed by atoms with E-state index in [1.807, 2.05) is 18.4 Å². The quantitative estimate of drug-likeness (QED) is 0.826. The third-order valence-corrected chi connectivity index (χ3v) is 4.08. The lowest BCUT2D eigenvalue weighted by Crippen LogP contribution is -2.32. The lowest BCUT2D eigenvalue weighted by molar-refractivity contribution is 0.0942. The lowest BCUT2D eigenvalue weighted by atomic mass is 10.2. The molecule has 1 N–H and O–H groups in total. The Bertz CT molecular complexity index is 329. The van der Waals surface area contributed by atoms with Crippen LogP contribution in [0.3, 0.4) is 0 Å². The molecule has 0 aliphatic carbocycles. The topological polar surface area (TPSA) is 29.1 Å². The van der Waals surface area contributed by atoms with E-state index < -0.39 is 0 Å². The first kappa shape index (κ1) is 13.0. The van der Waals surface area contributed by atoms with Crippen molar-refractivity contribution in [3.05, 3.63) is 20.8 Å². The van der Waals surface area contributed by atoms with Crippen molar-refractivity contribution in [1.29, 1.82) is 0 Å². The van der Waals surface area contributed by atoms with E-state index in [4.69, 9.17) is 11.6 Å². The minimum Gasteiger partial charge on any atom is -0.349 e. The van der Waals surface area contributed by atoms with Crippen LogP contribution in [0.25, 0.3) is 0 Å². The zero-order chi connectivity index (χ0) is 11.3. The minimum atomic E-state index is -0.0149. The van der Waals surface area contributed by atoms with Crippen LogP contribution in [0.15, 0.2) is 15.9 Å². The Balaban J connectivity index is 2.46. The molecule has 1 heterocycles. The van der Waals surface area contributed by atoms with Crippen LogP contribution >= 0.6 is 38.9 Å². The fraction of sp³-hybridized carbons (Fsp3) is 0.500. The van der Waals surface area contributed by atoms with Gasteiger partial charge < -0.3 is 5.32 Å². The molecule has 2 nitrogen and oxygen atoms in total. The Labute approximate surface area is 107 Å². The van der Waals surface area contributed by atoms with E-state index in [0.29, 0.717) is 5.88 Å². The molecule has 1 amide bonds. The normalized spacial score (nSPS) is 12.5. The molecule has 0 aliphatic heterocycles. The summed E-state index contributed by atoms with van der Waals surface area (Å²) in [6.07, 6.45) is 1.84. The van der Waals surface area contributed by atoms with Crippen LogP contribution in [0, 0.1) is 0 Å². The van der Waals surface area contributed by atoms with E-state index in [1.54, 1.807) is 0 Å². The molecule has 0 radical (unpaired) electrons. The minimum absolute atomic E-state index is 0.0149. The van der Waals surface area contributed by atoms with Crippen LogP contribution in [0.4, 0.5) is 0 Å². The third kappa shape index (κ3) is 4.13. The molecule has 0 fully saturated rings. The second-order valence-corrected chi connectivity index (χ2v) is 5.45. The summed E-state index contributed by atoms with van der Waals surface area (Å²) >= 11 is 10.4. The van der Waals surface area contributed by atoms with Crippen LogP contribution in [-0.4, -0.2) is 17.8 Å². The van der Waals surface area contributed by atoms with Crippen molar-refractivity contribution < 1.29 is 4.79 Å². The molecular weight excluding hydrogens is 298 g/mol. The summed E-state index contributed by atoms with van der Waals surface area (Å²) in [4.78, 5) is 12.5. The molecule has 84 valence electrons. The molecule has 1 unspecified atom stereocenters. The van der Waals surface area contributed by atoms with Gasteiger partial charge in [-0.1, -0.05) is 0 Å². The highest BCUT2D eigenvalue weighted by Crippen LogP contribution is 2.22. The maximum Gasteiger partial charge on any atom is 0.262 e. The number of hydrogen-bond acceptors (Lipinski definition) is 2. The van der Waals surface area contributed by atoms with Gasteiger partial charge in [-0.3, -0.25) is 4.79 Å². The smallest absolute Gasteiger partial charge is 0.262 e. The molecule has 1 rings (SSSR count). The summed E-state index contributed by atoms with van der Waals surface area (Å²) in [5, 5.41) is 4.83. The summed E-state index contributed by atoms with van der Waals surface area (Å²) in [5.41, 5.74) is 0. The van der Waals surface area contributed by atoms with Crippen LogP contribution in [0.2, 0.25) is 0 Å². The Morgan fingerprint density at radius 1 is 1.73 bits per heavy atom. The number of alkyl halides is 1. The van der Waals surface area contributed by atoms with Crippen molar-refractivity contribution >= 4 is 44.8 Å².